The maximum Gasteiger partial charge on any atom is 0.416 e. The van der Waals surface area contributed by atoms with Crippen molar-refractivity contribution in [1.29, 1.82) is 0 Å². The van der Waals surface area contributed by atoms with E-state index in [1.807, 2.05) is 0 Å². The number of hydrogen-bond acceptors (Lipinski definition) is 4. The summed E-state index contributed by atoms with van der Waals surface area (Å²) in [7, 11) is 2.96. The molecule has 45 heavy (non-hydrogen) atoms. The molecule has 232 valence electrons. The second-order valence-electron chi connectivity index (χ2n) is 9.97. The summed E-state index contributed by atoms with van der Waals surface area (Å²) in [6.45, 7) is -0.0721. The summed E-state index contributed by atoms with van der Waals surface area (Å²) in [6, 6.07) is 20.5. The minimum Gasteiger partial charge on any atom is -0.497 e. The summed E-state index contributed by atoms with van der Waals surface area (Å²) in [6.07, 6.45) is -10.1. The Hall–Kier alpha value is -5.26. The standard InChI is InChI=1S/C33H24F6N2O4/c1-44-26-11-7-20(8-12-26)28-29(21-9-13-27(45-2)14-10-21)41(18-19-3-5-22(6-4-19)31(42)43)30(40-28)23-15-24(32(34,35)36)17-25(16-23)33(37,38)39/h3-17H,18H2,1-2H3,(H,42,43). The number of methoxy groups -OCH3 is 2. The van der Waals surface area contributed by atoms with Gasteiger partial charge in [-0.1, -0.05) is 12.1 Å². The van der Waals surface area contributed by atoms with Crippen molar-refractivity contribution >= 4 is 5.97 Å². The summed E-state index contributed by atoms with van der Waals surface area (Å²) in [5.74, 6) is -0.275. The van der Waals surface area contributed by atoms with Crippen molar-refractivity contribution in [3.05, 3.63) is 113 Å². The number of benzene rings is 4. The normalized spacial score (nSPS) is 11.8. The van der Waals surface area contributed by atoms with Crippen molar-refractivity contribution in [1.82, 2.24) is 9.55 Å². The molecule has 12 heteroatoms. The van der Waals surface area contributed by atoms with Gasteiger partial charge in [-0.05, 0) is 84.4 Å². The smallest absolute Gasteiger partial charge is 0.416 e. The molecule has 6 nitrogen and oxygen atoms in total. The number of aromatic nitrogens is 2. The van der Waals surface area contributed by atoms with Crippen LogP contribution in [0.4, 0.5) is 26.3 Å². The molecule has 0 spiro atoms. The van der Waals surface area contributed by atoms with Crippen molar-refractivity contribution in [2.24, 2.45) is 0 Å². The summed E-state index contributed by atoms with van der Waals surface area (Å²) < 4.78 is 95.4. The number of halogens is 6. The fourth-order valence-corrected chi connectivity index (χ4v) is 4.84. The van der Waals surface area contributed by atoms with E-state index in [9.17, 15) is 36.2 Å². The predicted octanol–water partition coefficient (Wildman–Crippen LogP) is 8.69. The van der Waals surface area contributed by atoms with Crippen LogP contribution in [-0.4, -0.2) is 34.8 Å². The SMILES string of the molecule is COc1ccc(-c2nc(-c3cc(C(F)(F)F)cc(C(F)(F)F)c3)n(Cc3ccc(C(=O)O)cc3)c2-c2ccc(OC)cc2)cc1. The summed E-state index contributed by atoms with van der Waals surface area (Å²) in [5.41, 5.74) is -1.10. The molecule has 0 bridgehead atoms. The Balaban J connectivity index is 1.84. The average Bonchev–Trinajstić information content (AvgIpc) is 3.39. The lowest BCUT2D eigenvalue weighted by Gasteiger charge is -2.17. The van der Waals surface area contributed by atoms with Crippen LogP contribution >= 0.6 is 0 Å². The molecular weight excluding hydrogens is 602 g/mol. The Labute approximate surface area is 253 Å². The van der Waals surface area contributed by atoms with Crippen LogP contribution in [-0.2, 0) is 18.9 Å². The van der Waals surface area contributed by atoms with Gasteiger partial charge < -0.3 is 19.1 Å². The molecule has 0 aliphatic carbocycles. The maximum atomic E-state index is 13.9. The van der Waals surface area contributed by atoms with Crippen LogP contribution in [0.25, 0.3) is 33.9 Å². The van der Waals surface area contributed by atoms with Crippen molar-refractivity contribution in [2.75, 3.05) is 14.2 Å². The molecule has 0 amide bonds. The number of hydrogen-bond donors (Lipinski definition) is 1. The van der Waals surface area contributed by atoms with E-state index in [4.69, 9.17) is 9.47 Å². The Kier molecular flexibility index (Phi) is 8.33. The molecular formula is C33H24F6N2O4. The Morgan fingerprint density at radius 2 is 1.20 bits per heavy atom. The molecule has 1 heterocycles. The van der Waals surface area contributed by atoms with Crippen LogP contribution < -0.4 is 9.47 Å². The highest BCUT2D eigenvalue weighted by Crippen LogP contribution is 2.42. The molecule has 0 saturated heterocycles. The topological polar surface area (TPSA) is 73.6 Å². The first-order valence-corrected chi connectivity index (χ1v) is 13.3. The van der Waals surface area contributed by atoms with Gasteiger partial charge >= 0.3 is 18.3 Å². The molecule has 0 aliphatic heterocycles. The quantitative estimate of drug-likeness (QED) is 0.175. The van der Waals surface area contributed by atoms with Crippen LogP contribution in [0.15, 0.2) is 91.0 Å². The highest BCUT2D eigenvalue weighted by atomic mass is 19.4. The van der Waals surface area contributed by atoms with Gasteiger partial charge in [-0.15, -0.1) is 0 Å². The van der Waals surface area contributed by atoms with Gasteiger partial charge in [0.1, 0.15) is 17.3 Å². The number of rotatable bonds is 8. The second kappa shape index (κ2) is 12.0. The van der Waals surface area contributed by atoms with Gasteiger partial charge in [0.15, 0.2) is 0 Å². The molecule has 0 radical (unpaired) electrons. The monoisotopic (exact) mass is 626 g/mol. The number of nitrogens with zero attached hydrogens (tertiary/aromatic N) is 2. The zero-order chi connectivity index (χ0) is 32.5. The minimum absolute atomic E-state index is 0.00611. The first-order chi connectivity index (χ1) is 21.3. The first-order valence-electron chi connectivity index (χ1n) is 13.3. The van der Waals surface area contributed by atoms with Gasteiger partial charge in [0.05, 0.1) is 42.3 Å². The summed E-state index contributed by atoms with van der Waals surface area (Å²) in [5, 5.41) is 9.33. The van der Waals surface area contributed by atoms with Crippen molar-refractivity contribution in [3.8, 4) is 45.4 Å². The van der Waals surface area contributed by atoms with Gasteiger partial charge in [0.2, 0.25) is 0 Å². The average molecular weight is 627 g/mol. The second-order valence-corrected chi connectivity index (χ2v) is 9.97. The van der Waals surface area contributed by atoms with E-state index < -0.39 is 35.0 Å². The molecule has 4 aromatic carbocycles. The lowest BCUT2D eigenvalue weighted by Crippen LogP contribution is -2.12. The maximum absolute atomic E-state index is 13.9. The van der Waals surface area contributed by atoms with E-state index in [2.05, 4.69) is 4.98 Å². The Bertz CT molecular complexity index is 1790. The first kappa shape index (κ1) is 31.2. The molecule has 5 rings (SSSR count). The van der Waals surface area contributed by atoms with Gasteiger partial charge in [-0.2, -0.15) is 26.3 Å². The van der Waals surface area contributed by atoms with E-state index in [1.54, 1.807) is 48.5 Å². The largest absolute Gasteiger partial charge is 0.497 e. The number of carbonyl (C=O) groups is 1. The lowest BCUT2D eigenvalue weighted by molar-refractivity contribution is -0.143. The van der Waals surface area contributed by atoms with Crippen molar-refractivity contribution in [2.45, 2.75) is 18.9 Å². The number of aromatic carboxylic acids is 1. The van der Waals surface area contributed by atoms with Crippen LogP contribution in [0.5, 0.6) is 11.5 Å². The predicted molar refractivity (Wildman–Crippen MR) is 154 cm³/mol. The highest BCUT2D eigenvalue weighted by molar-refractivity contribution is 5.87. The molecule has 0 atom stereocenters. The molecule has 5 aromatic rings. The summed E-state index contributed by atoms with van der Waals surface area (Å²) in [4.78, 5) is 16.1. The van der Waals surface area contributed by atoms with Crippen LogP contribution in [0.1, 0.15) is 27.0 Å². The molecule has 0 unspecified atom stereocenters. The number of ether oxygens (including phenoxy) is 2. The van der Waals surface area contributed by atoms with E-state index in [1.165, 1.54) is 43.1 Å². The fourth-order valence-electron chi connectivity index (χ4n) is 4.84. The van der Waals surface area contributed by atoms with E-state index >= 15 is 0 Å². The number of alkyl halides is 6. The molecule has 0 aliphatic rings. The fraction of sp³-hybridized carbons (Fsp3) is 0.152. The van der Waals surface area contributed by atoms with Crippen molar-refractivity contribution in [3.63, 3.8) is 0 Å². The van der Waals surface area contributed by atoms with Gasteiger partial charge in [-0.3, -0.25) is 0 Å². The zero-order valence-corrected chi connectivity index (χ0v) is 23.7. The Morgan fingerprint density at radius 1 is 0.711 bits per heavy atom. The number of carboxylic acids is 1. The van der Waals surface area contributed by atoms with E-state index in [0.29, 0.717) is 46.0 Å². The lowest BCUT2D eigenvalue weighted by atomic mass is 10.0. The molecule has 1 aromatic heterocycles. The van der Waals surface area contributed by atoms with Gasteiger partial charge in [0, 0.05) is 23.2 Å². The minimum atomic E-state index is -5.07. The van der Waals surface area contributed by atoms with Crippen molar-refractivity contribution < 1.29 is 45.7 Å². The van der Waals surface area contributed by atoms with Gasteiger partial charge in [0.25, 0.3) is 0 Å². The van der Waals surface area contributed by atoms with E-state index in [-0.39, 0.29) is 29.7 Å². The molecule has 0 saturated carbocycles. The van der Waals surface area contributed by atoms with Crippen LogP contribution in [0.3, 0.4) is 0 Å². The number of imidazole rings is 1. The third kappa shape index (κ3) is 6.64. The third-order valence-corrected chi connectivity index (χ3v) is 7.08. The van der Waals surface area contributed by atoms with Crippen LogP contribution in [0, 0.1) is 0 Å². The molecule has 0 fully saturated rings. The number of carboxylic acid groups (broad SMARTS) is 1. The van der Waals surface area contributed by atoms with Crippen LogP contribution in [0.2, 0.25) is 0 Å². The summed E-state index contributed by atoms with van der Waals surface area (Å²) >= 11 is 0. The van der Waals surface area contributed by atoms with Gasteiger partial charge in [-0.25, -0.2) is 9.78 Å². The Morgan fingerprint density at radius 3 is 1.64 bits per heavy atom. The highest BCUT2D eigenvalue weighted by Gasteiger charge is 2.37. The zero-order valence-electron chi connectivity index (χ0n) is 23.7. The molecule has 1 N–H and O–H groups in total. The van der Waals surface area contributed by atoms with E-state index in [0.717, 1.165) is 0 Å². The third-order valence-electron chi connectivity index (χ3n) is 7.08.